The molecule has 7 nitrogen and oxygen atoms in total. The molecule has 9 heteroatoms. The van der Waals surface area contributed by atoms with E-state index in [0.717, 1.165) is 5.56 Å². The van der Waals surface area contributed by atoms with E-state index in [1.165, 1.54) is 12.1 Å². The summed E-state index contributed by atoms with van der Waals surface area (Å²) in [6, 6.07) is 30.4. The first-order chi connectivity index (χ1) is 20.3. The monoisotopic (exact) mass is 688 g/mol. The number of hydrogen-bond acceptors (Lipinski definition) is 7. The quantitative estimate of drug-likeness (QED) is 0.137. The van der Waals surface area contributed by atoms with Crippen molar-refractivity contribution in [2.24, 2.45) is 0 Å². The Balaban J connectivity index is 1.44. The predicted molar refractivity (Wildman–Crippen MR) is 171 cm³/mol. The van der Waals surface area contributed by atoms with E-state index in [0.29, 0.717) is 51.0 Å². The van der Waals surface area contributed by atoms with Crippen LogP contribution in [0.5, 0.6) is 0 Å². The van der Waals surface area contributed by atoms with E-state index in [4.69, 9.17) is 11.3 Å². The molecule has 5 aromatic carbocycles. The van der Waals surface area contributed by atoms with Crippen LogP contribution in [0.15, 0.2) is 133 Å². The van der Waals surface area contributed by atoms with Crippen molar-refractivity contribution >= 4 is 74.2 Å². The normalized spacial score (nSPS) is 12.4. The Kier molecular flexibility index (Phi) is 6.45. The molecule has 0 unspecified atom stereocenters. The zero-order valence-corrected chi connectivity index (χ0v) is 25.0. The third-order valence-corrected chi connectivity index (χ3v) is 14.2. The second kappa shape index (κ2) is 10.2. The summed E-state index contributed by atoms with van der Waals surface area (Å²) >= 11 is -3.33. The Morgan fingerprint density at radius 3 is 1.52 bits per heavy atom. The molecule has 0 aliphatic carbocycles. The number of aryl methyl sites for hydroxylation is 1. The van der Waals surface area contributed by atoms with Crippen molar-refractivity contribution in [1.82, 2.24) is 0 Å². The van der Waals surface area contributed by atoms with Crippen molar-refractivity contribution in [3.8, 4) is 0 Å². The molecule has 0 atom stereocenters. The van der Waals surface area contributed by atoms with Gasteiger partial charge in [0, 0.05) is 0 Å². The second-order valence-corrected chi connectivity index (χ2v) is 16.2. The van der Waals surface area contributed by atoms with Gasteiger partial charge in [-0.2, -0.15) is 0 Å². The molecular formula is C33H21IO7S. The zero-order chi connectivity index (χ0) is 29.0. The summed E-state index contributed by atoms with van der Waals surface area (Å²) in [4.78, 5) is 26.9. The molecule has 0 saturated carbocycles. The molecule has 0 spiro atoms. The molecule has 0 aliphatic heterocycles. The summed E-state index contributed by atoms with van der Waals surface area (Å²) in [5.74, 6) is 0. The zero-order valence-electron chi connectivity index (χ0n) is 22.0. The van der Waals surface area contributed by atoms with Gasteiger partial charge in [-0.15, -0.1) is 0 Å². The summed E-state index contributed by atoms with van der Waals surface area (Å²) in [6.45, 7) is 1.87. The third-order valence-electron chi connectivity index (χ3n) is 6.93. The molecular weight excluding hydrogens is 667 g/mol. The molecule has 0 saturated heterocycles. The molecule has 7 rings (SSSR count). The average molecular weight is 688 g/mol. The van der Waals surface area contributed by atoms with Crippen molar-refractivity contribution < 1.29 is 19.8 Å². The Hall–Kier alpha value is -4.32. The van der Waals surface area contributed by atoms with Gasteiger partial charge < -0.3 is 0 Å². The fourth-order valence-corrected chi connectivity index (χ4v) is 11.8. The van der Waals surface area contributed by atoms with Gasteiger partial charge in [0.1, 0.15) is 0 Å². The molecule has 208 valence electrons. The van der Waals surface area contributed by atoms with Gasteiger partial charge >= 0.3 is 248 Å². The van der Waals surface area contributed by atoms with Crippen molar-refractivity contribution in [2.45, 2.75) is 11.8 Å². The van der Waals surface area contributed by atoms with Gasteiger partial charge in [0.2, 0.25) is 0 Å². The van der Waals surface area contributed by atoms with Crippen LogP contribution in [-0.4, -0.2) is 8.42 Å². The first kappa shape index (κ1) is 26.6. The first-order valence-electron chi connectivity index (χ1n) is 12.9. The van der Waals surface area contributed by atoms with E-state index in [1.54, 1.807) is 97.1 Å². The van der Waals surface area contributed by atoms with Crippen LogP contribution in [-0.2, 0) is 12.6 Å². The average Bonchev–Trinajstić information content (AvgIpc) is 3.00. The number of halogens is 1. The standard InChI is InChI=1S/C33H21IO7S/c1-20-10-14-23(15-11-20)42(37,38)41-34(21-12-16-30-26(18-21)32(35)24-6-2-4-8-28(24)39-30)22-13-17-31-27(19-22)33(36)25-7-3-5-9-29(25)40-31/h2-19H,1H3. The van der Waals surface area contributed by atoms with Crippen LogP contribution in [0.25, 0.3) is 43.9 Å². The van der Waals surface area contributed by atoms with Gasteiger partial charge in [0.25, 0.3) is 0 Å². The van der Waals surface area contributed by atoms with Crippen LogP contribution in [0, 0.1) is 14.1 Å². The molecule has 0 radical (unpaired) electrons. The third kappa shape index (κ3) is 4.59. The number of para-hydroxylation sites is 2. The van der Waals surface area contributed by atoms with Gasteiger partial charge in [0.05, 0.1) is 0 Å². The van der Waals surface area contributed by atoms with Crippen LogP contribution in [0.2, 0.25) is 0 Å². The van der Waals surface area contributed by atoms with Gasteiger partial charge in [-0.25, -0.2) is 0 Å². The Bertz CT molecular complexity index is 2280. The van der Waals surface area contributed by atoms with Crippen LogP contribution in [0.4, 0.5) is 0 Å². The first-order valence-corrected chi connectivity index (χ1v) is 17.4. The molecule has 2 aromatic heterocycles. The molecule has 2 heterocycles. The van der Waals surface area contributed by atoms with E-state index in [9.17, 15) is 18.0 Å². The molecule has 0 fully saturated rings. The summed E-state index contributed by atoms with van der Waals surface area (Å²) in [7, 11) is -4.20. The van der Waals surface area contributed by atoms with Gasteiger partial charge in [-0.1, -0.05) is 0 Å². The van der Waals surface area contributed by atoms with E-state index >= 15 is 0 Å². The summed E-state index contributed by atoms with van der Waals surface area (Å²) < 4.78 is 46.2. The molecule has 0 N–H and O–H groups in total. The minimum absolute atomic E-state index is 0.0213. The second-order valence-electron chi connectivity index (χ2n) is 9.71. The number of rotatable bonds is 5. The number of hydrogen-bond donors (Lipinski definition) is 0. The summed E-state index contributed by atoms with van der Waals surface area (Å²) in [6.07, 6.45) is 0. The predicted octanol–water partition coefficient (Wildman–Crippen LogP) is 7.38. The SMILES string of the molecule is Cc1ccc(S(=O)(=O)OI(c2ccc3oc4ccccc4c(=O)c3c2)c2ccc3oc4ccccc4c(=O)c3c2)cc1. The van der Waals surface area contributed by atoms with E-state index in [2.05, 4.69) is 0 Å². The van der Waals surface area contributed by atoms with Crippen molar-refractivity contribution in [3.05, 3.63) is 142 Å². The minimum atomic E-state index is -4.20. The van der Waals surface area contributed by atoms with E-state index in [1.807, 2.05) is 6.92 Å². The number of benzene rings is 5. The maximum atomic E-state index is 13.6. The molecule has 0 bridgehead atoms. The Morgan fingerprint density at radius 1 is 0.571 bits per heavy atom. The van der Waals surface area contributed by atoms with Crippen LogP contribution < -0.4 is 10.9 Å². The van der Waals surface area contributed by atoms with Crippen LogP contribution in [0.1, 0.15) is 5.56 Å². The maximum absolute atomic E-state index is 13.6. The summed E-state index contributed by atoms with van der Waals surface area (Å²) in [5, 5.41) is 1.48. The van der Waals surface area contributed by atoms with E-state index in [-0.39, 0.29) is 15.8 Å². The van der Waals surface area contributed by atoms with Crippen LogP contribution >= 0.6 is 20.2 Å². The Labute approximate surface area is 247 Å². The van der Waals surface area contributed by atoms with Crippen molar-refractivity contribution in [1.29, 1.82) is 0 Å². The van der Waals surface area contributed by atoms with E-state index < -0.39 is 30.4 Å². The number of fused-ring (bicyclic) bond motifs is 4. The topological polar surface area (TPSA) is 104 Å². The molecule has 0 amide bonds. The van der Waals surface area contributed by atoms with Crippen LogP contribution in [0.3, 0.4) is 0 Å². The summed E-state index contributed by atoms with van der Waals surface area (Å²) in [5.41, 5.74) is 2.14. The molecule has 0 aliphatic rings. The van der Waals surface area contributed by atoms with Gasteiger partial charge in [-0.3, -0.25) is 0 Å². The van der Waals surface area contributed by atoms with Gasteiger partial charge in [0.15, 0.2) is 0 Å². The van der Waals surface area contributed by atoms with Crippen molar-refractivity contribution in [3.63, 3.8) is 0 Å². The van der Waals surface area contributed by atoms with Gasteiger partial charge in [-0.05, 0) is 0 Å². The fraction of sp³-hybridized carbons (Fsp3) is 0.0303. The fourth-order valence-electron chi connectivity index (χ4n) is 4.79. The van der Waals surface area contributed by atoms with Crippen molar-refractivity contribution in [2.75, 3.05) is 0 Å². The molecule has 7 aromatic rings. The molecule has 42 heavy (non-hydrogen) atoms. The Morgan fingerprint density at radius 2 is 1.02 bits per heavy atom.